The van der Waals surface area contributed by atoms with Gasteiger partial charge in [-0.2, -0.15) is 0 Å². The maximum Gasteiger partial charge on any atom is 0.253 e. The molecule has 1 atom stereocenters. The summed E-state index contributed by atoms with van der Waals surface area (Å²) in [6.07, 6.45) is 3.91. The number of carbonyl (C=O) groups excluding carboxylic acids is 2. The van der Waals surface area contributed by atoms with Crippen LogP contribution in [0.4, 0.5) is 11.4 Å². The first-order valence-corrected chi connectivity index (χ1v) is 11.3. The van der Waals surface area contributed by atoms with Gasteiger partial charge in [-0.25, -0.2) is 0 Å². The molecule has 2 N–H and O–H groups in total. The monoisotopic (exact) mass is 421 g/mol. The molecule has 166 valence electrons. The third kappa shape index (κ3) is 6.58. The Kier molecular flexibility index (Phi) is 7.37. The van der Waals surface area contributed by atoms with Crippen LogP contribution < -0.4 is 15.5 Å². The van der Waals surface area contributed by atoms with Crippen molar-refractivity contribution in [1.29, 1.82) is 0 Å². The first-order valence-electron chi connectivity index (χ1n) is 11.3. The van der Waals surface area contributed by atoms with E-state index in [2.05, 4.69) is 15.5 Å². The predicted molar refractivity (Wildman–Crippen MR) is 128 cm³/mol. The Morgan fingerprint density at radius 2 is 1.68 bits per heavy atom. The van der Waals surface area contributed by atoms with Crippen LogP contribution in [0, 0.1) is 5.41 Å². The summed E-state index contributed by atoms with van der Waals surface area (Å²) in [7, 11) is 0. The van der Waals surface area contributed by atoms with Crippen molar-refractivity contribution in [2.24, 2.45) is 5.41 Å². The van der Waals surface area contributed by atoms with Crippen molar-refractivity contribution in [3.8, 4) is 0 Å². The van der Waals surface area contributed by atoms with E-state index in [1.54, 1.807) is 0 Å². The Morgan fingerprint density at radius 1 is 1.00 bits per heavy atom. The Morgan fingerprint density at radius 3 is 2.32 bits per heavy atom. The average Bonchev–Trinajstić information content (AvgIpc) is 2.73. The zero-order chi connectivity index (χ0) is 22.4. The number of amides is 2. The molecule has 5 nitrogen and oxygen atoms in total. The van der Waals surface area contributed by atoms with Gasteiger partial charge in [0.05, 0.1) is 11.6 Å². The Hall–Kier alpha value is -2.82. The highest BCUT2D eigenvalue weighted by Gasteiger charge is 2.22. The molecule has 1 fully saturated rings. The maximum atomic E-state index is 13.3. The van der Waals surface area contributed by atoms with Gasteiger partial charge in [-0.05, 0) is 55.4 Å². The molecule has 1 saturated heterocycles. The molecule has 5 heteroatoms. The topological polar surface area (TPSA) is 61.4 Å². The Labute approximate surface area is 186 Å². The Bertz CT molecular complexity index is 897. The van der Waals surface area contributed by atoms with Crippen molar-refractivity contribution in [2.45, 2.75) is 59.4 Å². The van der Waals surface area contributed by atoms with E-state index in [0.717, 1.165) is 37.2 Å². The van der Waals surface area contributed by atoms with Crippen molar-refractivity contribution in [2.75, 3.05) is 23.3 Å². The lowest BCUT2D eigenvalue weighted by atomic mass is 9.92. The lowest BCUT2D eigenvalue weighted by molar-refractivity contribution is -0.117. The minimum absolute atomic E-state index is 0.0396. The average molecular weight is 422 g/mol. The molecular weight excluding hydrogens is 386 g/mol. The molecule has 1 aliphatic rings. The van der Waals surface area contributed by atoms with Crippen molar-refractivity contribution < 1.29 is 9.59 Å². The molecule has 1 unspecified atom stereocenters. The van der Waals surface area contributed by atoms with Crippen LogP contribution in [0.1, 0.15) is 75.3 Å². The van der Waals surface area contributed by atoms with E-state index in [1.807, 2.05) is 76.2 Å². The third-order valence-corrected chi connectivity index (χ3v) is 5.56. The summed E-state index contributed by atoms with van der Waals surface area (Å²) in [6.45, 7) is 10.00. The van der Waals surface area contributed by atoms with Gasteiger partial charge in [-0.3, -0.25) is 9.59 Å². The summed E-state index contributed by atoms with van der Waals surface area (Å²) in [5.41, 5.74) is 3.17. The number of rotatable bonds is 6. The lowest BCUT2D eigenvalue weighted by Crippen LogP contribution is -2.33. The van der Waals surface area contributed by atoms with Crippen LogP contribution in [0.3, 0.4) is 0 Å². The van der Waals surface area contributed by atoms with Crippen LogP contribution in [0.5, 0.6) is 0 Å². The summed E-state index contributed by atoms with van der Waals surface area (Å²) >= 11 is 0. The molecule has 1 heterocycles. The second-order valence-electron chi connectivity index (χ2n) is 9.67. The van der Waals surface area contributed by atoms with Gasteiger partial charge in [0, 0.05) is 30.9 Å². The van der Waals surface area contributed by atoms with Gasteiger partial charge >= 0.3 is 0 Å². The number of nitrogens with one attached hydrogen (secondary N) is 2. The molecule has 3 rings (SSSR count). The molecule has 1 aliphatic heterocycles. The van der Waals surface area contributed by atoms with Gasteiger partial charge in [-0.15, -0.1) is 0 Å². The summed E-state index contributed by atoms with van der Waals surface area (Å²) in [6, 6.07) is 15.5. The van der Waals surface area contributed by atoms with E-state index in [4.69, 9.17) is 0 Å². The fourth-order valence-corrected chi connectivity index (χ4v) is 3.99. The summed E-state index contributed by atoms with van der Waals surface area (Å²) in [4.78, 5) is 28.0. The number of nitrogens with zero attached hydrogens (tertiary/aromatic N) is 1. The zero-order valence-corrected chi connectivity index (χ0v) is 19.2. The molecule has 0 radical (unpaired) electrons. The SMILES string of the molecule is CC(NC(=O)c1cc(NC(=O)CC(C)(C)C)ccc1N1CCCCC1)c1ccccc1. The zero-order valence-electron chi connectivity index (χ0n) is 19.2. The number of benzene rings is 2. The van der Waals surface area contributed by atoms with Crippen LogP contribution >= 0.6 is 0 Å². The molecule has 2 aromatic carbocycles. The number of anilines is 2. The molecule has 31 heavy (non-hydrogen) atoms. The lowest BCUT2D eigenvalue weighted by Gasteiger charge is -2.31. The van der Waals surface area contributed by atoms with E-state index >= 15 is 0 Å². The maximum absolute atomic E-state index is 13.3. The van der Waals surface area contributed by atoms with Gasteiger partial charge < -0.3 is 15.5 Å². The fourth-order valence-electron chi connectivity index (χ4n) is 3.99. The summed E-state index contributed by atoms with van der Waals surface area (Å²) in [5.74, 6) is -0.161. The van der Waals surface area contributed by atoms with Gasteiger partial charge in [0.1, 0.15) is 0 Å². The highest BCUT2D eigenvalue weighted by molar-refractivity contribution is 6.02. The van der Waals surface area contributed by atoms with E-state index in [1.165, 1.54) is 6.42 Å². The second kappa shape index (κ2) is 9.99. The van der Waals surface area contributed by atoms with E-state index in [9.17, 15) is 9.59 Å². The standard InChI is InChI=1S/C26H35N3O2/c1-19(20-11-7-5-8-12-20)27-25(31)22-17-21(28-24(30)18-26(2,3)4)13-14-23(22)29-15-9-6-10-16-29/h5,7-8,11-14,17,19H,6,9-10,15-16,18H2,1-4H3,(H,27,31)(H,28,30). The molecule has 0 saturated carbocycles. The van der Waals surface area contributed by atoms with E-state index < -0.39 is 0 Å². The first kappa shape index (κ1) is 22.9. The predicted octanol–water partition coefficient (Wildman–Crippen LogP) is 5.54. The van der Waals surface area contributed by atoms with Gasteiger partial charge in [0.2, 0.25) is 5.91 Å². The highest BCUT2D eigenvalue weighted by Crippen LogP contribution is 2.28. The van der Waals surface area contributed by atoms with E-state index in [-0.39, 0.29) is 23.3 Å². The largest absolute Gasteiger partial charge is 0.371 e. The molecular formula is C26H35N3O2. The molecule has 2 amide bonds. The summed E-state index contributed by atoms with van der Waals surface area (Å²) < 4.78 is 0. The van der Waals surface area contributed by atoms with Gasteiger partial charge in [-0.1, -0.05) is 51.1 Å². The highest BCUT2D eigenvalue weighted by atomic mass is 16.2. The van der Waals surface area contributed by atoms with Crippen LogP contribution in [0.2, 0.25) is 0 Å². The number of carbonyl (C=O) groups is 2. The van der Waals surface area contributed by atoms with Crippen molar-refractivity contribution in [3.05, 3.63) is 59.7 Å². The van der Waals surface area contributed by atoms with Gasteiger partial charge in [0.25, 0.3) is 5.91 Å². The summed E-state index contributed by atoms with van der Waals surface area (Å²) in [5, 5.41) is 6.10. The molecule has 0 spiro atoms. The van der Waals surface area contributed by atoms with Crippen molar-refractivity contribution >= 4 is 23.2 Å². The second-order valence-corrected chi connectivity index (χ2v) is 9.67. The van der Waals surface area contributed by atoms with Crippen LogP contribution in [-0.2, 0) is 4.79 Å². The molecule has 0 aliphatic carbocycles. The van der Waals surface area contributed by atoms with Crippen LogP contribution in [-0.4, -0.2) is 24.9 Å². The normalized spacial score (nSPS) is 15.3. The molecule has 0 aromatic heterocycles. The smallest absolute Gasteiger partial charge is 0.253 e. The fraction of sp³-hybridized carbons (Fsp3) is 0.462. The quantitative estimate of drug-likeness (QED) is 0.643. The van der Waals surface area contributed by atoms with E-state index in [0.29, 0.717) is 17.7 Å². The number of hydrogen-bond acceptors (Lipinski definition) is 3. The van der Waals surface area contributed by atoms with Crippen molar-refractivity contribution in [1.82, 2.24) is 5.32 Å². The number of hydrogen-bond donors (Lipinski definition) is 2. The Balaban J connectivity index is 1.84. The third-order valence-electron chi connectivity index (χ3n) is 5.56. The molecule has 0 bridgehead atoms. The van der Waals surface area contributed by atoms with Crippen molar-refractivity contribution in [3.63, 3.8) is 0 Å². The van der Waals surface area contributed by atoms with Crippen LogP contribution in [0.25, 0.3) is 0 Å². The minimum atomic E-state index is -0.121. The minimum Gasteiger partial charge on any atom is -0.371 e. The number of piperidine rings is 1. The first-order chi connectivity index (χ1) is 14.7. The van der Waals surface area contributed by atoms with Gasteiger partial charge in [0.15, 0.2) is 0 Å². The van der Waals surface area contributed by atoms with Crippen LogP contribution in [0.15, 0.2) is 48.5 Å². The molecule has 2 aromatic rings.